The molecule has 2 aromatic rings. The molecule has 9 nitrogen and oxygen atoms in total. The standard InChI is InChI=1S/C12H10ClN5O4S/c1-23-12-16-9(13)8(18(20)21)10(17-12)22-7-4-2-3-6(5-7)15-11(14)19/h2-5H,1H3,(H3,14,15,19). The Morgan fingerprint density at radius 2 is 2.22 bits per heavy atom. The van der Waals surface area contributed by atoms with Gasteiger partial charge in [0.05, 0.1) is 4.92 Å². The number of halogens is 1. The summed E-state index contributed by atoms with van der Waals surface area (Å²) in [5, 5.41) is 13.4. The third-order valence-corrected chi connectivity index (χ3v) is 3.28. The normalized spacial score (nSPS) is 10.2. The topological polar surface area (TPSA) is 133 Å². The molecule has 0 aliphatic carbocycles. The van der Waals surface area contributed by atoms with Crippen LogP contribution in [0.4, 0.5) is 16.2 Å². The number of ether oxygens (including phenoxy) is 1. The lowest BCUT2D eigenvalue weighted by atomic mass is 10.3. The summed E-state index contributed by atoms with van der Waals surface area (Å²) in [6.07, 6.45) is 1.69. The van der Waals surface area contributed by atoms with Crippen molar-refractivity contribution in [2.45, 2.75) is 5.16 Å². The molecule has 0 saturated heterocycles. The smallest absolute Gasteiger partial charge is 0.368 e. The number of nitrogens with one attached hydrogen (secondary N) is 1. The van der Waals surface area contributed by atoms with Crippen molar-refractivity contribution in [2.75, 3.05) is 11.6 Å². The van der Waals surface area contributed by atoms with E-state index in [4.69, 9.17) is 22.1 Å². The van der Waals surface area contributed by atoms with Crippen LogP contribution in [0.25, 0.3) is 0 Å². The first-order chi connectivity index (χ1) is 10.9. The van der Waals surface area contributed by atoms with Crippen LogP contribution in [0.15, 0.2) is 29.4 Å². The van der Waals surface area contributed by atoms with Gasteiger partial charge in [-0.3, -0.25) is 10.1 Å². The number of aromatic nitrogens is 2. The number of thioether (sulfide) groups is 1. The minimum Gasteiger partial charge on any atom is -0.433 e. The van der Waals surface area contributed by atoms with Crippen LogP contribution in [0.2, 0.25) is 5.15 Å². The van der Waals surface area contributed by atoms with E-state index in [2.05, 4.69) is 15.3 Å². The second-order valence-corrected chi connectivity index (χ2v) is 5.16. The van der Waals surface area contributed by atoms with Crippen molar-refractivity contribution in [3.8, 4) is 11.6 Å². The first-order valence-electron chi connectivity index (χ1n) is 6.01. The highest BCUT2D eigenvalue weighted by Gasteiger charge is 2.25. The molecule has 0 bridgehead atoms. The quantitative estimate of drug-likeness (QED) is 0.277. The van der Waals surface area contributed by atoms with Gasteiger partial charge in [-0.1, -0.05) is 29.4 Å². The lowest BCUT2D eigenvalue weighted by molar-refractivity contribution is -0.386. The third kappa shape index (κ3) is 4.20. The summed E-state index contributed by atoms with van der Waals surface area (Å²) in [6.45, 7) is 0. The molecule has 0 spiro atoms. The Morgan fingerprint density at radius 3 is 2.83 bits per heavy atom. The largest absolute Gasteiger partial charge is 0.433 e. The van der Waals surface area contributed by atoms with Gasteiger partial charge in [-0.05, 0) is 18.4 Å². The SMILES string of the molecule is CSc1nc(Cl)c([N+](=O)[O-])c(Oc2cccc(NC(N)=O)c2)n1. The molecule has 3 N–H and O–H groups in total. The third-order valence-electron chi connectivity index (χ3n) is 2.47. The lowest BCUT2D eigenvalue weighted by Crippen LogP contribution is -2.19. The fourth-order valence-corrected chi connectivity index (χ4v) is 2.23. The summed E-state index contributed by atoms with van der Waals surface area (Å²) in [5.41, 5.74) is 4.85. The number of nitrogens with two attached hydrogens (primary N) is 1. The van der Waals surface area contributed by atoms with Gasteiger partial charge in [0.25, 0.3) is 0 Å². The zero-order chi connectivity index (χ0) is 17.0. The summed E-state index contributed by atoms with van der Waals surface area (Å²) in [6, 6.07) is 5.37. The van der Waals surface area contributed by atoms with Gasteiger partial charge >= 0.3 is 17.6 Å². The molecule has 0 atom stereocenters. The van der Waals surface area contributed by atoms with Crippen LogP contribution < -0.4 is 15.8 Å². The Morgan fingerprint density at radius 1 is 1.48 bits per heavy atom. The first-order valence-corrected chi connectivity index (χ1v) is 7.61. The summed E-state index contributed by atoms with van der Waals surface area (Å²) < 4.78 is 5.43. The molecule has 0 saturated carbocycles. The Balaban J connectivity index is 2.41. The molecule has 2 rings (SSSR count). The Kier molecular flexibility index (Phi) is 5.19. The average molecular weight is 356 g/mol. The summed E-state index contributed by atoms with van der Waals surface area (Å²) >= 11 is 6.97. The van der Waals surface area contributed by atoms with E-state index < -0.39 is 16.6 Å². The molecule has 0 unspecified atom stereocenters. The number of anilines is 1. The number of benzene rings is 1. The minimum atomic E-state index is -0.747. The molecule has 2 amide bonds. The van der Waals surface area contributed by atoms with Gasteiger partial charge in [-0.15, -0.1) is 0 Å². The van der Waals surface area contributed by atoms with Crippen LogP contribution in [0.5, 0.6) is 11.6 Å². The number of urea groups is 1. The van der Waals surface area contributed by atoms with E-state index in [0.717, 1.165) is 11.8 Å². The van der Waals surface area contributed by atoms with E-state index >= 15 is 0 Å². The van der Waals surface area contributed by atoms with E-state index in [1.165, 1.54) is 12.1 Å². The number of nitrogens with zero attached hydrogens (tertiary/aromatic N) is 3. The number of nitro groups is 1. The molecule has 1 heterocycles. The predicted molar refractivity (Wildman–Crippen MR) is 85.2 cm³/mol. The predicted octanol–water partition coefficient (Wildman–Crippen LogP) is 3.04. The van der Waals surface area contributed by atoms with Crippen molar-refractivity contribution < 1.29 is 14.5 Å². The van der Waals surface area contributed by atoms with E-state index in [0.29, 0.717) is 5.69 Å². The molecule has 1 aromatic carbocycles. The van der Waals surface area contributed by atoms with Crippen LogP contribution in [0.1, 0.15) is 0 Å². The van der Waals surface area contributed by atoms with Gasteiger partial charge in [0.1, 0.15) is 5.75 Å². The maximum Gasteiger partial charge on any atom is 0.368 e. The number of primary amides is 1. The zero-order valence-electron chi connectivity index (χ0n) is 11.6. The van der Waals surface area contributed by atoms with Gasteiger partial charge in [0.2, 0.25) is 5.15 Å². The van der Waals surface area contributed by atoms with Crippen LogP contribution in [-0.4, -0.2) is 27.2 Å². The fourth-order valence-electron chi connectivity index (χ4n) is 1.60. The molecule has 23 heavy (non-hydrogen) atoms. The van der Waals surface area contributed by atoms with Crippen molar-refractivity contribution in [3.05, 3.63) is 39.5 Å². The summed E-state index contributed by atoms with van der Waals surface area (Å²) in [7, 11) is 0. The van der Waals surface area contributed by atoms with Crippen molar-refractivity contribution in [2.24, 2.45) is 5.73 Å². The number of amides is 2. The van der Waals surface area contributed by atoms with Crippen LogP contribution in [0.3, 0.4) is 0 Å². The fraction of sp³-hybridized carbons (Fsp3) is 0.0833. The van der Waals surface area contributed by atoms with E-state index in [1.54, 1.807) is 18.4 Å². The lowest BCUT2D eigenvalue weighted by Gasteiger charge is -2.08. The summed E-state index contributed by atoms with van der Waals surface area (Å²) in [5.74, 6) is -0.0863. The second kappa shape index (κ2) is 7.11. The number of carbonyl (C=O) groups excluding carboxylic acids is 1. The summed E-state index contributed by atoms with van der Waals surface area (Å²) in [4.78, 5) is 29.0. The van der Waals surface area contributed by atoms with E-state index in [1.807, 2.05) is 0 Å². The molecular formula is C12H10ClN5O4S. The van der Waals surface area contributed by atoms with Gasteiger partial charge in [0.15, 0.2) is 5.16 Å². The molecule has 120 valence electrons. The molecule has 11 heteroatoms. The van der Waals surface area contributed by atoms with Crippen molar-refractivity contribution >= 4 is 40.8 Å². The van der Waals surface area contributed by atoms with E-state index in [-0.39, 0.29) is 21.9 Å². The highest BCUT2D eigenvalue weighted by molar-refractivity contribution is 7.98. The maximum absolute atomic E-state index is 11.1. The van der Waals surface area contributed by atoms with Crippen LogP contribution in [0, 0.1) is 10.1 Å². The molecular weight excluding hydrogens is 346 g/mol. The van der Waals surface area contributed by atoms with Crippen molar-refractivity contribution in [3.63, 3.8) is 0 Å². The second-order valence-electron chi connectivity index (χ2n) is 4.03. The molecule has 0 aliphatic rings. The molecule has 0 radical (unpaired) electrons. The van der Waals surface area contributed by atoms with Crippen molar-refractivity contribution in [1.29, 1.82) is 0 Å². The first kappa shape index (κ1) is 16.8. The highest BCUT2D eigenvalue weighted by Crippen LogP contribution is 2.36. The molecule has 0 fully saturated rings. The van der Waals surface area contributed by atoms with Gasteiger partial charge in [0, 0.05) is 11.8 Å². The monoisotopic (exact) mass is 355 g/mol. The highest BCUT2D eigenvalue weighted by atomic mass is 35.5. The minimum absolute atomic E-state index is 0.209. The van der Waals surface area contributed by atoms with E-state index in [9.17, 15) is 14.9 Å². The average Bonchev–Trinajstić information content (AvgIpc) is 2.45. The zero-order valence-corrected chi connectivity index (χ0v) is 13.2. The van der Waals surface area contributed by atoms with Crippen LogP contribution in [-0.2, 0) is 0 Å². The number of carbonyl (C=O) groups is 1. The van der Waals surface area contributed by atoms with Gasteiger partial charge < -0.3 is 15.8 Å². The Labute approximate surface area is 139 Å². The van der Waals surface area contributed by atoms with Gasteiger partial charge in [-0.25, -0.2) is 9.78 Å². The van der Waals surface area contributed by atoms with Crippen molar-refractivity contribution in [1.82, 2.24) is 9.97 Å². The Bertz CT molecular complexity index is 773. The van der Waals surface area contributed by atoms with Crippen LogP contribution >= 0.6 is 23.4 Å². The Hall–Kier alpha value is -2.59. The maximum atomic E-state index is 11.1. The number of rotatable bonds is 5. The number of hydrogen-bond acceptors (Lipinski definition) is 7. The van der Waals surface area contributed by atoms with Gasteiger partial charge in [-0.2, -0.15) is 4.98 Å². The molecule has 1 aromatic heterocycles. The molecule has 0 aliphatic heterocycles. The number of hydrogen-bond donors (Lipinski definition) is 2.